The largest absolute Gasteiger partial charge is 0.351 e. The summed E-state index contributed by atoms with van der Waals surface area (Å²) in [5.74, 6) is 1.09. The average molecular weight is 292 g/mol. The molecule has 4 fully saturated rings. The molecule has 4 saturated carbocycles. The molecule has 4 aliphatic carbocycles. The van der Waals surface area contributed by atoms with Crippen LogP contribution >= 0.6 is 0 Å². The van der Waals surface area contributed by atoms with Crippen LogP contribution in [0.4, 0.5) is 0 Å². The van der Waals surface area contributed by atoms with Gasteiger partial charge in [0.15, 0.2) is 0 Å². The number of carbonyl (C=O) groups excluding carboxylic acids is 1. The first kappa shape index (κ1) is 15.3. The Morgan fingerprint density at radius 3 is 2.24 bits per heavy atom. The molecule has 0 spiro atoms. The molecule has 0 saturated heterocycles. The molecule has 3 heteroatoms. The molecule has 0 aliphatic heterocycles. The first-order valence-electron chi connectivity index (χ1n) is 8.76. The topological polar surface area (TPSA) is 41.1 Å². The molecule has 0 radical (unpaired) electrons. The summed E-state index contributed by atoms with van der Waals surface area (Å²) >= 11 is 0. The third kappa shape index (κ3) is 3.13. The summed E-state index contributed by atoms with van der Waals surface area (Å²) in [6, 6.07) is 0.454. The van der Waals surface area contributed by atoms with E-state index < -0.39 is 0 Å². The van der Waals surface area contributed by atoms with Gasteiger partial charge in [0.05, 0.1) is 0 Å². The van der Waals surface area contributed by atoms with Crippen LogP contribution in [0.25, 0.3) is 0 Å². The summed E-state index contributed by atoms with van der Waals surface area (Å²) in [4.78, 5) is 12.4. The van der Waals surface area contributed by atoms with Crippen molar-refractivity contribution in [2.45, 2.75) is 84.2 Å². The fourth-order valence-electron chi connectivity index (χ4n) is 6.42. The Morgan fingerprint density at radius 1 is 1.10 bits per heavy atom. The lowest BCUT2D eigenvalue weighted by atomic mass is 9.43. The van der Waals surface area contributed by atoms with Gasteiger partial charge in [-0.05, 0) is 55.3 Å². The van der Waals surface area contributed by atoms with E-state index in [1.165, 1.54) is 38.5 Å². The molecule has 120 valence electrons. The minimum absolute atomic E-state index is 0.109. The summed E-state index contributed by atoms with van der Waals surface area (Å²) < 4.78 is 0. The lowest BCUT2D eigenvalue weighted by molar-refractivity contribution is -0.139. The maximum absolute atomic E-state index is 12.4. The summed E-state index contributed by atoms with van der Waals surface area (Å²) in [6.45, 7) is 9.95. The molecule has 1 amide bonds. The number of amides is 1. The van der Waals surface area contributed by atoms with Gasteiger partial charge in [-0.3, -0.25) is 4.79 Å². The van der Waals surface area contributed by atoms with Crippen molar-refractivity contribution < 1.29 is 4.79 Å². The van der Waals surface area contributed by atoms with Crippen LogP contribution in [0, 0.1) is 16.7 Å². The molecule has 3 nitrogen and oxygen atoms in total. The highest BCUT2D eigenvalue weighted by Crippen LogP contribution is 2.66. The minimum Gasteiger partial charge on any atom is -0.351 e. The number of rotatable bonds is 5. The van der Waals surface area contributed by atoms with Gasteiger partial charge in [0, 0.05) is 24.5 Å². The van der Waals surface area contributed by atoms with Gasteiger partial charge >= 0.3 is 0 Å². The fourth-order valence-corrected chi connectivity index (χ4v) is 6.42. The van der Waals surface area contributed by atoms with E-state index in [2.05, 4.69) is 38.3 Å². The minimum atomic E-state index is 0.109. The molecule has 4 rings (SSSR count). The predicted octanol–water partition coefficient (Wildman–Crippen LogP) is 3.24. The summed E-state index contributed by atoms with van der Waals surface area (Å²) in [6.07, 6.45) is 8.37. The Labute approximate surface area is 129 Å². The van der Waals surface area contributed by atoms with Crippen molar-refractivity contribution in [3.63, 3.8) is 0 Å². The van der Waals surface area contributed by atoms with E-state index in [0.717, 1.165) is 12.5 Å². The Bertz CT molecular complexity index is 413. The Balaban J connectivity index is 1.63. The third-order valence-corrected chi connectivity index (χ3v) is 5.94. The highest BCUT2D eigenvalue weighted by atomic mass is 16.1. The average Bonchev–Trinajstić information content (AvgIpc) is 2.21. The van der Waals surface area contributed by atoms with Crippen molar-refractivity contribution in [1.82, 2.24) is 10.6 Å². The maximum atomic E-state index is 12.4. The van der Waals surface area contributed by atoms with E-state index >= 15 is 0 Å². The molecule has 2 unspecified atom stereocenters. The molecular formula is C18H32N2O. The summed E-state index contributed by atoms with van der Waals surface area (Å²) in [5.41, 5.74) is 1.05. The van der Waals surface area contributed by atoms with Crippen LogP contribution in [0.15, 0.2) is 0 Å². The zero-order valence-corrected chi connectivity index (χ0v) is 14.2. The third-order valence-electron chi connectivity index (χ3n) is 5.94. The van der Waals surface area contributed by atoms with Crippen LogP contribution in [0.1, 0.15) is 72.6 Å². The highest BCUT2D eigenvalue weighted by molar-refractivity contribution is 5.77. The molecule has 0 aromatic heterocycles. The second-order valence-electron chi connectivity index (χ2n) is 9.32. The van der Waals surface area contributed by atoms with E-state index in [1.54, 1.807) is 0 Å². The lowest BCUT2D eigenvalue weighted by Crippen LogP contribution is -2.65. The summed E-state index contributed by atoms with van der Waals surface area (Å²) in [7, 11) is 0. The normalized spacial score (nSPS) is 44.3. The van der Waals surface area contributed by atoms with Gasteiger partial charge in [-0.2, -0.15) is 0 Å². The van der Waals surface area contributed by atoms with Crippen LogP contribution in [0.5, 0.6) is 0 Å². The van der Waals surface area contributed by atoms with E-state index in [1.807, 2.05) is 0 Å². The standard InChI is InChI=1S/C18H32N2O/c1-13(2)19-6-5-15(21)20-18-9-14-7-16(3,11-18)10-17(4,8-14)12-18/h13-14,19H,5-12H2,1-4H3,(H,20,21). The van der Waals surface area contributed by atoms with Crippen molar-refractivity contribution in [3.8, 4) is 0 Å². The van der Waals surface area contributed by atoms with Gasteiger partial charge < -0.3 is 10.6 Å². The predicted molar refractivity (Wildman–Crippen MR) is 86.0 cm³/mol. The van der Waals surface area contributed by atoms with E-state index in [0.29, 0.717) is 23.3 Å². The zero-order valence-electron chi connectivity index (χ0n) is 14.2. The van der Waals surface area contributed by atoms with Crippen LogP contribution in [0.3, 0.4) is 0 Å². The van der Waals surface area contributed by atoms with Gasteiger partial charge in [-0.1, -0.05) is 27.7 Å². The first-order valence-corrected chi connectivity index (χ1v) is 8.76. The summed E-state index contributed by atoms with van der Waals surface area (Å²) in [5, 5.41) is 6.81. The highest BCUT2D eigenvalue weighted by Gasteiger charge is 2.60. The van der Waals surface area contributed by atoms with Gasteiger partial charge in [0.25, 0.3) is 0 Å². The van der Waals surface area contributed by atoms with Crippen molar-refractivity contribution in [3.05, 3.63) is 0 Å². The molecule has 2 N–H and O–H groups in total. The first-order chi connectivity index (χ1) is 9.72. The SMILES string of the molecule is CC(C)NCCC(=O)NC12CC3CC(C)(CC(C)(C3)C1)C2. The molecule has 0 aromatic carbocycles. The van der Waals surface area contributed by atoms with Crippen LogP contribution in [0.2, 0.25) is 0 Å². The second kappa shape index (κ2) is 4.97. The van der Waals surface area contributed by atoms with Gasteiger partial charge in [0.2, 0.25) is 5.91 Å². The number of carbonyl (C=O) groups is 1. The molecule has 0 aromatic rings. The Hall–Kier alpha value is -0.570. The van der Waals surface area contributed by atoms with Crippen molar-refractivity contribution in [2.24, 2.45) is 16.7 Å². The van der Waals surface area contributed by atoms with Crippen molar-refractivity contribution >= 4 is 5.91 Å². The van der Waals surface area contributed by atoms with Crippen LogP contribution in [-0.4, -0.2) is 24.0 Å². The molecular weight excluding hydrogens is 260 g/mol. The molecule has 0 heterocycles. The second-order valence-corrected chi connectivity index (χ2v) is 9.32. The molecule has 4 bridgehead atoms. The molecule has 2 atom stereocenters. The van der Waals surface area contributed by atoms with Gasteiger partial charge in [0.1, 0.15) is 0 Å². The zero-order chi connectivity index (χ0) is 15.3. The van der Waals surface area contributed by atoms with Gasteiger partial charge in [-0.15, -0.1) is 0 Å². The van der Waals surface area contributed by atoms with E-state index in [9.17, 15) is 4.79 Å². The van der Waals surface area contributed by atoms with Gasteiger partial charge in [-0.25, -0.2) is 0 Å². The Morgan fingerprint density at radius 2 is 1.71 bits per heavy atom. The van der Waals surface area contributed by atoms with Crippen molar-refractivity contribution in [2.75, 3.05) is 6.54 Å². The number of hydrogen-bond donors (Lipinski definition) is 2. The van der Waals surface area contributed by atoms with E-state index in [-0.39, 0.29) is 11.4 Å². The fraction of sp³-hybridized carbons (Fsp3) is 0.944. The van der Waals surface area contributed by atoms with E-state index in [4.69, 9.17) is 0 Å². The maximum Gasteiger partial charge on any atom is 0.221 e. The van der Waals surface area contributed by atoms with Crippen molar-refractivity contribution in [1.29, 1.82) is 0 Å². The monoisotopic (exact) mass is 292 g/mol. The van der Waals surface area contributed by atoms with Crippen LogP contribution < -0.4 is 10.6 Å². The molecule has 21 heavy (non-hydrogen) atoms. The number of hydrogen-bond acceptors (Lipinski definition) is 2. The Kier molecular flexibility index (Phi) is 3.63. The van der Waals surface area contributed by atoms with Crippen LogP contribution in [-0.2, 0) is 4.79 Å². The molecule has 4 aliphatic rings. The number of nitrogens with one attached hydrogen (secondary N) is 2. The lowest BCUT2D eigenvalue weighted by Gasteiger charge is -2.65. The smallest absolute Gasteiger partial charge is 0.221 e. The quantitative estimate of drug-likeness (QED) is 0.817.